The van der Waals surface area contributed by atoms with E-state index in [0.29, 0.717) is 0 Å². The molecular formula is C9H12N4S. The van der Waals surface area contributed by atoms with Gasteiger partial charge in [0.25, 0.3) is 0 Å². The van der Waals surface area contributed by atoms with Crippen molar-refractivity contribution in [1.29, 1.82) is 0 Å². The molecule has 0 atom stereocenters. The lowest BCUT2D eigenvalue weighted by Crippen LogP contribution is -2.25. The van der Waals surface area contributed by atoms with Crippen molar-refractivity contribution in [1.82, 2.24) is 10.4 Å². The third-order valence-electron chi connectivity index (χ3n) is 1.66. The van der Waals surface area contributed by atoms with Crippen LogP contribution < -0.4 is 11.2 Å². The molecule has 0 bridgehead atoms. The quantitative estimate of drug-likeness (QED) is 0.431. The van der Waals surface area contributed by atoms with E-state index in [0.717, 1.165) is 17.0 Å². The second-order valence-electron chi connectivity index (χ2n) is 2.86. The minimum absolute atomic E-state index is 0.157. The number of nitrogens with two attached hydrogens (primary N) is 1. The van der Waals surface area contributed by atoms with E-state index < -0.39 is 0 Å². The first-order valence-corrected chi connectivity index (χ1v) is 4.53. The van der Waals surface area contributed by atoms with Crippen LogP contribution in [-0.2, 0) is 0 Å². The molecule has 3 N–H and O–H groups in total. The summed E-state index contributed by atoms with van der Waals surface area (Å²) in [7, 11) is 0. The summed E-state index contributed by atoms with van der Waals surface area (Å²) in [6, 6.07) is 3.87. The van der Waals surface area contributed by atoms with E-state index in [9.17, 15) is 0 Å². The number of nitrogens with one attached hydrogen (secondary N) is 1. The number of nitrogens with zero attached hydrogens (tertiary/aromatic N) is 2. The zero-order valence-corrected chi connectivity index (χ0v) is 8.93. The fraction of sp³-hybridized carbons (Fsp3) is 0.222. The molecule has 0 saturated carbocycles. The second-order valence-corrected chi connectivity index (χ2v) is 3.30. The maximum atomic E-state index is 5.24. The van der Waals surface area contributed by atoms with E-state index in [1.165, 1.54) is 0 Å². The Bertz CT molecular complexity index is 356. The molecule has 1 rings (SSSR count). The summed E-state index contributed by atoms with van der Waals surface area (Å²) in [6.07, 6.45) is 1.76. The Morgan fingerprint density at radius 3 is 2.79 bits per heavy atom. The third-order valence-corrected chi connectivity index (χ3v) is 1.75. The summed E-state index contributed by atoms with van der Waals surface area (Å²) in [5, 5.41) is 4.14. The maximum absolute atomic E-state index is 5.24. The number of rotatable bonds is 2. The van der Waals surface area contributed by atoms with Gasteiger partial charge in [0.1, 0.15) is 0 Å². The van der Waals surface area contributed by atoms with E-state index in [2.05, 4.69) is 27.7 Å². The van der Waals surface area contributed by atoms with Crippen molar-refractivity contribution in [3.63, 3.8) is 0 Å². The van der Waals surface area contributed by atoms with Crippen LogP contribution in [0.5, 0.6) is 0 Å². The van der Waals surface area contributed by atoms with Crippen molar-refractivity contribution in [3.05, 3.63) is 29.6 Å². The molecule has 4 nitrogen and oxygen atoms in total. The number of thiocarbonyl (C=S) groups is 1. The molecule has 0 aliphatic heterocycles. The normalized spacial score (nSPS) is 11.1. The Balaban J connectivity index is 2.78. The van der Waals surface area contributed by atoms with Crippen LogP contribution in [0.1, 0.15) is 18.2 Å². The molecule has 0 aromatic carbocycles. The van der Waals surface area contributed by atoms with Gasteiger partial charge in [-0.15, -0.1) is 0 Å². The summed E-state index contributed by atoms with van der Waals surface area (Å²) >= 11 is 4.63. The molecule has 14 heavy (non-hydrogen) atoms. The first-order valence-electron chi connectivity index (χ1n) is 4.12. The zero-order valence-electron chi connectivity index (χ0n) is 8.11. The van der Waals surface area contributed by atoms with E-state index in [1.807, 2.05) is 26.0 Å². The summed E-state index contributed by atoms with van der Waals surface area (Å²) in [5.41, 5.74) is 10.5. The van der Waals surface area contributed by atoms with Gasteiger partial charge in [0.15, 0.2) is 5.11 Å². The summed E-state index contributed by atoms with van der Waals surface area (Å²) in [5.74, 6) is 0. The highest BCUT2D eigenvalue weighted by Crippen LogP contribution is 2.00. The topological polar surface area (TPSA) is 63.3 Å². The molecule has 5 heteroatoms. The average molecular weight is 208 g/mol. The van der Waals surface area contributed by atoms with Gasteiger partial charge in [-0.3, -0.25) is 10.4 Å². The highest BCUT2D eigenvalue weighted by atomic mass is 32.1. The van der Waals surface area contributed by atoms with Crippen LogP contribution in [-0.4, -0.2) is 15.8 Å². The standard InChI is InChI=1S/C9H12N4S/c1-6-3-4-8(5-11-6)7(2)12-13-9(10)14/h3-5H,1-2H3,(H3,10,13,14)/b12-7-. The molecule has 1 aromatic heterocycles. The third kappa shape index (κ3) is 3.10. The first-order chi connectivity index (χ1) is 6.59. The molecule has 0 radical (unpaired) electrons. The number of aryl methyl sites for hydroxylation is 1. The number of hydrogen-bond acceptors (Lipinski definition) is 3. The first kappa shape index (κ1) is 10.6. The highest BCUT2D eigenvalue weighted by molar-refractivity contribution is 7.80. The molecule has 0 fully saturated rings. The van der Waals surface area contributed by atoms with Crippen molar-refractivity contribution in [2.24, 2.45) is 10.8 Å². The number of hydrogen-bond donors (Lipinski definition) is 2. The van der Waals surface area contributed by atoms with Crippen molar-refractivity contribution in [3.8, 4) is 0 Å². The molecule has 0 unspecified atom stereocenters. The van der Waals surface area contributed by atoms with Crippen LogP contribution in [0.3, 0.4) is 0 Å². The molecule has 0 spiro atoms. The summed E-state index contributed by atoms with van der Waals surface area (Å²) in [4.78, 5) is 4.15. The largest absolute Gasteiger partial charge is 0.375 e. The van der Waals surface area contributed by atoms with Crippen LogP contribution in [0.15, 0.2) is 23.4 Å². The molecular weight excluding hydrogens is 196 g/mol. The van der Waals surface area contributed by atoms with E-state index in [1.54, 1.807) is 6.20 Å². The van der Waals surface area contributed by atoms with Crippen LogP contribution in [0.25, 0.3) is 0 Å². The summed E-state index contributed by atoms with van der Waals surface area (Å²) in [6.45, 7) is 3.79. The minimum atomic E-state index is 0.157. The Hall–Kier alpha value is -1.49. The monoisotopic (exact) mass is 208 g/mol. The van der Waals surface area contributed by atoms with Gasteiger partial charge in [-0.1, -0.05) is 0 Å². The van der Waals surface area contributed by atoms with Gasteiger partial charge in [-0.25, -0.2) is 0 Å². The highest BCUT2D eigenvalue weighted by Gasteiger charge is 1.97. The maximum Gasteiger partial charge on any atom is 0.184 e. The Morgan fingerprint density at radius 1 is 1.57 bits per heavy atom. The van der Waals surface area contributed by atoms with Gasteiger partial charge in [-0.05, 0) is 38.2 Å². The van der Waals surface area contributed by atoms with E-state index in [-0.39, 0.29) is 5.11 Å². The molecule has 74 valence electrons. The molecule has 0 amide bonds. The van der Waals surface area contributed by atoms with Crippen LogP contribution >= 0.6 is 12.2 Å². The van der Waals surface area contributed by atoms with Crippen molar-refractivity contribution < 1.29 is 0 Å². The Morgan fingerprint density at radius 2 is 2.29 bits per heavy atom. The van der Waals surface area contributed by atoms with Crippen LogP contribution in [0.4, 0.5) is 0 Å². The lowest BCUT2D eigenvalue weighted by atomic mass is 10.2. The van der Waals surface area contributed by atoms with Gasteiger partial charge < -0.3 is 5.73 Å². The molecule has 0 aliphatic carbocycles. The SMILES string of the molecule is C/C(=N/NC(N)=S)c1ccc(C)nc1. The average Bonchev–Trinajstić information content (AvgIpc) is 2.15. The van der Waals surface area contributed by atoms with Gasteiger partial charge in [0.2, 0.25) is 0 Å². The lowest BCUT2D eigenvalue weighted by Gasteiger charge is -2.01. The lowest BCUT2D eigenvalue weighted by molar-refractivity contribution is 1.03. The second kappa shape index (κ2) is 4.66. The van der Waals surface area contributed by atoms with Gasteiger partial charge >= 0.3 is 0 Å². The molecule has 0 saturated heterocycles. The predicted octanol–water partition coefficient (Wildman–Crippen LogP) is 0.947. The Labute approximate surface area is 88.2 Å². The van der Waals surface area contributed by atoms with Gasteiger partial charge in [0.05, 0.1) is 5.71 Å². The fourth-order valence-electron chi connectivity index (χ4n) is 0.885. The molecule has 0 aliphatic rings. The Kier molecular flexibility index (Phi) is 3.53. The van der Waals surface area contributed by atoms with Crippen LogP contribution in [0, 0.1) is 6.92 Å². The number of aromatic nitrogens is 1. The van der Waals surface area contributed by atoms with Gasteiger partial charge in [0, 0.05) is 17.5 Å². The predicted molar refractivity (Wildman–Crippen MR) is 61.1 cm³/mol. The van der Waals surface area contributed by atoms with Crippen molar-refractivity contribution >= 4 is 23.0 Å². The van der Waals surface area contributed by atoms with E-state index >= 15 is 0 Å². The van der Waals surface area contributed by atoms with Gasteiger partial charge in [-0.2, -0.15) is 5.10 Å². The minimum Gasteiger partial charge on any atom is -0.375 e. The van der Waals surface area contributed by atoms with Crippen molar-refractivity contribution in [2.45, 2.75) is 13.8 Å². The smallest absolute Gasteiger partial charge is 0.184 e. The molecule has 1 aromatic rings. The number of hydrazone groups is 1. The number of pyridine rings is 1. The van der Waals surface area contributed by atoms with Crippen LogP contribution in [0.2, 0.25) is 0 Å². The fourth-order valence-corrected chi connectivity index (χ4v) is 0.931. The zero-order chi connectivity index (χ0) is 10.6. The molecule has 1 heterocycles. The van der Waals surface area contributed by atoms with Crippen molar-refractivity contribution in [2.75, 3.05) is 0 Å². The summed E-state index contributed by atoms with van der Waals surface area (Å²) < 4.78 is 0. The van der Waals surface area contributed by atoms with E-state index in [4.69, 9.17) is 5.73 Å².